The molecule has 2 N–H and O–H groups in total. The van der Waals surface area contributed by atoms with E-state index in [1.165, 1.54) is 0 Å². The van der Waals surface area contributed by atoms with Gasteiger partial charge < -0.3 is 20.1 Å². The summed E-state index contributed by atoms with van der Waals surface area (Å²) in [5, 5.41) is 13.3. The Morgan fingerprint density at radius 3 is 2.81 bits per heavy atom. The molecule has 1 amide bonds. The minimum absolute atomic E-state index is 0.0663. The molecule has 0 radical (unpaired) electrons. The molecule has 0 aromatic rings. The Morgan fingerprint density at radius 1 is 1.56 bits per heavy atom. The number of aliphatic hydroxyl groups is 1. The maximum Gasteiger partial charge on any atom is 0.239 e. The van der Waals surface area contributed by atoms with E-state index in [0.29, 0.717) is 32.6 Å². The van der Waals surface area contributed by atoms with Crippen LogP contribution >= 0.6 is 0 Å². The first kappa shape index (κ1) is 11.8. The molecule has 0 aromatic heterocycles. The smallest absolute Gasteiger partial charge is 0.239 e. The quantitative estimate of drug-likeness (QED) is 0.674. The number of nitrogens with one attached hydrogen (secondary N) is 1. The van der Waals surface area contributed by atoms with E-state index in [9.17, 15) is 9.90 Å². The largest absolute Gasteiger partial charge is 0.388 e. The first-order valence-corrected chi connectivity index (χ1v) is 5.91. The number of hydrogen-bond donors (Lipinski definition) is 2. The van der Waals surface area contributed by atoms with Crippen LogP contribution in [0.1, 0.15) is 19.3 Å². The van der Waals surface area contributed by atoms with Crippen LogP contribution in [0.15, 0.2) is 0 Å². The van der Waals surface area contributed by atoms with E-state index < -0.39 is 5.60 Å². The Morgan fingerprint density at radius 2 is 2.25 bits per heavy atom. The molecule has 0 saturated carbocycles. The van der Waals surface area contributed by atoms with Crippen LogP contribution in [0.25, 0.3) is 0 Å². The number of carbonyl (C=O) groups excluding carboxylic acids is 1. The number of likely N-dealkylation sites (tertiary alicyclic amines) is 1. The van der Waals surface area contributed by atoms with Gasteiger partial charge in [0.1, 0.15) is 0 Å². The van der Waals surface area contributed by atoms with Gasteiger partial charge in [0, 0.05) is 39.1 Å². The molecule has 2 fully saturated rings. The summed E-state index contributed by atoms with van der Waals surface area (Å²) in [7, 11) is 1.80. The number of β-amino-alcohol motifs (C(OH)–C–C–N with tert-alkyl or cyclic N) is 1. The number of carbonyl (C=O) groups is 1. The lowest BCUT2D eigenvalue weighted by molar-refractivity contribution is -0.135. The van der Waals surface area contributed by atoms with Gasteiger partial charge in [0.05, 0.1) is 11.6 Å². The molecule has 0 aliphatic carbocycles. The van der Waals surface area contributed by atoms with Crippen LogP contribution in [0.3, 0.4) is 0 Å². The summed E-state index contributed by atoms with van der Waals surface area (Å²) < 4.78 is 5.22. The summed E-state index contributed by atoms with van der Waals surface area (Å²) >= 11 is 0. The molecule has 0 spiro atoms. The maximum atomic E-state index is 11.9. The fraction of sp³-hybridized carbons (Fsp3) is 0.909. The molecule has 2 aliphatic heterocycles. The molecule has 16 heavy (non-hydrogen) atoms. The van der Waals surface area contributed by atoms with Gasteiger partial charge in [-0.25, -0.2) is 0 Å². The Hall–Kier alpha value is -0.650. The third-order valence-electron chi connectivity index (χ3n) is 3.55. The molecule has 2 heterocycles. The van der Waals surface area contributed by atoms with Crippen LogP contribution in [0.2, 0.25) is 0 Å². The van der Waals surface area contributed by atoms with Gasteiger partial charge in [-0.1, -0.05) is 0 Å². The van der Waals surface area contributed by atoms with E-state index in [4.69, 9.17) is 4.74 Å². The predicted octanol–water partition coefficient (Wildman–Crippen LogP) is -0.652. The average Bonchev–Trinajstić information content (AvgIpc) is 2.60. The summed E-state index contributed by atoms with van der Waals surface area (Å²) in [6, 6.07) is -0.0663. The van der Waals surface area contributed by atoms with Gasteiger partial charge in [-0.05, 0) is 13.5 Å². The molecular weight excluding hydrogens is 208 g/mol. The molecule has 1 unspecified atom stereocenters. The van der Waals surface area contributed by atoms with Crippen LogP contribution in [0.5, 0.6) is 0 Å². The number of hydrogen-bond acceptors (Lipinski definition) is 4. The topological polar surface area (TPSA) is 61.8 Å². The highest BCUT2D eigenvalue weighted by molar-refractivity contribution is 5.84. The Bertz CT molecular complexity index is 264. The molecule has 5 heteroatoms. The van der Waals surface area contributed by atoms with Gasteiger partial charge >= 0.3 is 0 Å². The molecule has 1 atom stereocenters. The van der Waals surface area contributed by atoms with E-state index in [-0.39, 0.29) is 11.9 Å². The Balaban J connectivity index is 1.92. The van der Waals surface area contributed by atoms with Gasteiger partial charge in [-0.2, -0.15) is 0 Å². The molecule has 2 rings (SSSR count). The Kier molecular flexibility index (Phi) is 3.47. The third-order valence-corrected chi connectivity index (χ3v) is 3.55. The number of rotatable bonds is 3. The lowest BCUT2D eigenvalue weighted by Gasteiger charge is -2.35. The number of amides is 1. The predicted molar refractivity (Wildman–Crippen MR) is 59.0 cm³/mol. The average molecular weight is 228 g/mol. The Labute approximate surface area is 95.8 Å². The van der Waals surface area contributed by atoms with Gasteiger partial charge in [-0.15, -0.1) is 0 Å². The van der Waals surface area contributed by atoms with Crippen LogP contribution in [0.4, 0.5) is 0 Å². The minimum Gasteiger partial charge on any atom is -0.388 e. The van der Waals surface area contributed by atoms with Crippen molar-refractivity contribution < 1.29 is 14.6 Å². The zero-order valence-corrected chi connectivity index (χ0v) is 9.74. The highest BCUT2D eigenvalue weighted by Crippen LogP contribution is 2.24. The van der Waals surface area contributed by atoms with E-state index in [1.54, 1.807) is 11.9 Å². The van der Waals surface area contributed by atoms with Crippen LogP contribution in [-0.2, 0) is 9.53 Å². The third kappa shape index (κ3) is 2.36. The van der Waals surface area contributed by atoms with Crippen LogP contribution < -0.4 is 5.32 Å². The maximum absolute atomic E-state index is 11.9. The summed E-state index contributed by atoms with van der Waals surface area (Å²) in [6.45, 7) is 2.38. The van der Waals surface area contributed by atoms with E-state index in [2.05, 4.69) is 5.32 Å². The van der Waals surface area contributed by atoms with Gasteiger partial charge in [-0.3, -0.25) is 4.79 Å². The van der Waals surface area contributed by atoms with E-state index in [0.717, 1.165) is 13.0 Å². The molecular formula is C11H20N2O3. The van der Waals surface area contributed by atoms with Crippen molar-refractivity contribution in [2.24, 2.45) is 0 Å². The van der Waals surface area contributed by atoms with Crippen molar-refractivity contribution in [1.29, 1.82) is 0 Å². The van der Waals surface area contributed by atoms with Crippen molar-refractivity contribution in [1.82, 2.24) is 10.2 Å². The SMILES string of the molecule is CNC1CCN(CC2(O)CCOCC2)C1=O. The standard InChI is InChI=1S/C11H20N2O3/c1-12-9-2-5-13(10(9)14)8-11(15)3-6-16-7-4-11/h9,12,15H,2-8H2,1H3. The van der Waals surface area contributed by atoms with Gasteiger partial charge in [0.2, 0.25) is 5.91 Å². The fourth-order valence-electron chi connectivity index (χ4n) is 2.43. The van der Waals surface area contributed by atoms with Crippen molar-refractivity contribution in [2.45, 2.75) is 30.9 Å². The second kappa shape index (κ2) is 4.69. The number of nitrogens with zero attached hydrogens (tertiary/aromatic N) is 1. The van der Waals surface area contributed by atoms with Crippen molar-refractivity contribution in [3.05, 3.63) is 0 Å². The first-order valence-electron chi connectivity index (χ1n) is 5.91. The molecule has 0 bridgehead atoms. The summed E-state index contributed by atoms with van der Waals surface area (Å²) in [6.07, 6.45) is 2.09. The lowest BCUT2D eigenvalue weighted by Crippen LogP contribution is -2.48. The first-order chi connectivity index (χ1) is 7.64. The van der Waals surface area contributed by atoms with Crippen LogP contribution in [-0.4, -0.2) is 60.9 Å². The van der Waals surface area contributed by atoms with Crippen molar-refractivity contribution in [3.8, 4) is 0 Å². The van der Waals surface area contributed by atoms with Gasteiger partial charge in [0.15, 0.2) is 0 Å². The zero-order chi connectivity index (χ0) is 11.6. The summed E-state index contributed by atoms with van der Waals surface area (Å²) in [4.78, 5) is 13.6. The highest BCUT2D eigenvalue weighted by Gasteiger charge is 2.38. The highest BCUT2D eigenvalue weighted by atomic mass is 16.5. The van der Waals surface area contributed by atoms with Gasteiger partial charge in [0.25, 0.3) is 0 Å². The zero-order valence-electron chi connectivity index (χ0n) is 9.74. The minimum atomic E-state index is -0.740. The normalized spacial score (nSPS) is 29.8. The summed E-state index contributed by atoms with van der Waals surface area (Å²) in [5.41, 5.74) is -0.740. The van der Waals surface area contributed by atoms with Crippen LogP contribution in [0, 0.1) is 0 Å². The fourth-order valence-corrected chi connectivity index (χ4v) is 2.43. The molecule has 2 aliphatic rings. The monoisotopic (exact) mass is 228 g/mol. The van der Waals surface area contributed by atoms with E-state index >= 15 is 0 Å². The second-order valence-corrected chi connectivity index (χ2v) is 4.73. The van der Waals surface area contributed by atoms with E-state index in [1.807, 2.05) is 0 Å². The molecule has 92 valence electrons. The molecule has 0 aromatic carbocycles. The van der Waals surface area contributed by atoms with Crippen molar-refractivity contribution in [3.63, 3.8) is 0 Å². The lowest BCUT2D eigenvalue weighted by atomic mass is 9.94. The molecule has 2 saturated heterocycles. The molecule has 5 nitrogen and oxygen atoms in total. The second-order valence-electron chi connectivity index (χ2n) is 4.73. The summed E-state index contributed by atoms with van der Waals surface area (Å²) in [5.74, 6) is 0.113. The number of likely N-dealkylation sites (N-methyl/N-ethyl adjacent to an activating group) is 1. The van der Waals surface area contributed by atoms with Crippen molar-refractivity contribution in [2.75, 3.05) is 33.4 Å². The van der Waals surface area contributed by atoms with Crippen molar-refractivity contribution >= 4 is 5.91 Å². The number of ether oxygens (including phenoxy) is 1.